The zero-order valence-electron chi connectivity index (χ0n) is 11.2. The second kappa shape index (κ2) is 6.21. The molecule has 0 bridgehead atoms. The van der Waals surface area contributed by atoms with Crippen LogP contribution < -0.4 is 11.1 Å². The lowest BCUT2D eigenvalue weighted by Gasteiger charge is -2.37. The van der Waals surface area contributed by atoms with E-state index in [1.807, 2.05) is 0 Å². The highest BCUT2D eigenvalue weighted by Gasteiger charge is 2.35. The molecule has 1 heterocycles. The molecule has 1 aliphatic carbocycles. The van der Waals surface area contributed by atoms with Crippen LogP contribution in [-0.2, 0) is 16.0 Å². The van der Waals surface area contributed by atoms with Crippen LogP contribution in [0.4, 0.5) is 5.13 Å². The molecule has 110 valence electrons. The van der Waals surface area contributed by atoms with Gasteiger partial charge >= 0.3 is 5.97 Å². The molecule has 20 heavy (non-hydrogen) atoms. The van der Waals surface area contributed by atoms with Crippen molar-refractivity contribution in [2.24, 2.45) is 0 Å². The number of carboxylic acids is 1. The van der Waals surface area contributed by atoms with Gasteiger partial charge in [-0.1, -0.05) is 19.3 Å². The van der Waals surface area contributed by atoms with E-state index in [2.05, 4.69) is 10.3 Å². The zero-order valence-corrected chi connectivity index (χ0v) is 12.0. The summed E-state index contributed by atoms with van der Waals surface area (Å²) in [6.45, 7) is 0. The second-order valence-corrected chi connectivity index (χ2v) is 6.20. The number of aliphatic carboxylic acids is 1. The Morgan fingerprint density at radius 2 is 2.10 bits per heavy atom. The number of thiazole rings is 1. The number of nitrogen functional groups attached to an aromatic ring is 1. The number of rotatable bonds is 5. The number of nitrogens with zero attached hydrogens (tertiary/aromatic N) is 1. The van der Waals surface area contributed by atoms with Crippen molar-refractivity contribution in [1.29, 1.82) is 0 Å². The molecule has 0 aromatic carbocycles. The molecule has 6 nitrogen and oxygen atoms in total. The number of hydrogen-bond donors (Lipinski definition) is 3. The molecule has 4 N–H and O–H groups in total. The number of hydrogen-bond acceptors (Lipinski definition) is 5. The minimum atomic E-state index is -0.870. The maximum absolute atomic E-state index is 12.1. The maximum atomic E-state index is 12.1. The number of carboxylic acid groups (broad SMARTS) is 1. The van der Waals surface area contributed by atoms with E-state index in [1.165, 1.54) is 11.3 Å². The first kappa shape index (κ1) is 14.8. The summed E-state index contributed by atoms with van der Waals surface area (Å²) in [6.07, 6.45) is 4.59. The normalized spacial score (nSPS) is 17.6. The van der Waals surface area contributed by atoms with E-state index in [4.69, 9.17) is 10.8 Å². The second-order valence-electron chi connectivity index (χ2n) is 5.31. The summed E-state index contributed by atoms with van der Waals surface area (Å²) in [4.78, 5) is 27.2. The standard InChI is InChI=1S/C13H19N3O3S/c14-12-15-9(8-20-12)6-10(17)16-13(7-11(18)19)4-2-1-3-5-13/h8H,1-7H2,(H2,14,15)(H,16,17)(H,18,19). The van der Waals surface area contributed by atoms with E-state index < -0.39 is 11.5 Å². The first-order valence-electron chi connectivity index (χ1n) is 6.72. The molecule has 1 aliphatic rings. The Labute approximate surface area is 121 Å². The highest BCUT2D eigenvalue weighted by molar-refractivity contribution is 7.13. The minimum Gasteiger partial charge on any atom is -0.481 e. The predicted molar refractivity (Wildman–Crippen MR) is 76.4 cm³/mol. The van der Waals surface area contributed by atoms with Crippen LogP contribution >= 0.6 is 11.3 Å². The lowest BCUT2D eigenvalue weighted by molar-refractivity contribution is -0.139. The summed E-state index contributed by atoms with van der Waals surface area (Å²) in [6, 6.07) is 0. The molecule has 2 rings (SSSR count). The summed E-state index contributed by atoms with van der Waals surface area (Å²) < 4.78 is 0. The van der Waals surface area contributed by atoms with Gasteiger partial charge in [-0.25, -0.2) is 4.98 Å². The Morgan fingerprint density at radius 1 is 1.40 bits per heavy atom. The monoisotopic (exact) mass is 297 g/mol. The van der Waals surface area contributed by atoms with Gasteiger partial charge in [-0.15, -0.1) is 11.3 Å². The molecular formula is C13H19N3O3S. The first-order chi connectivity index (χ1) is 9.49. The molecule has 0 atom stereocenters. The number of nitrogens with one attached hydrogen (secondary N) is 1. The topological polar surface area (TPSA) is 105 Å². The Morgan fingerprint density at radius 3 is 2.65 bits per heavy atom. The van der Waals surface area contributed by atoms with E-state index in [-0.39, 0.29) is 18.7 Å². The molecule has 0 radical (unpaired) electrons. The van der Waals surface area contributed by atoms with Gasteiger partial charge in [0.25, 0.3) is 0 Å². The SMILES string of the molecule is Nc1nc(CC(=O)NC2(CC(=O)O)CCCCC2)cs1. The number of carbonyl (C=O) groups excluding carboxylic acids is 1. The van der Waals surface area contributed by atoms with E-state index in [0.717, 1.165) is 32.1 Å². The number of nitrogens with two attached hydrogens (primary N) is 1. The number of amides is 1. The predicted octanol–water partition coefficient (Wildman–Crippen LogP) is 1.56. The number of carbonyl (C=O) groups is 2. The third-order valence-electron chi connectivity index (χ3n) is 3.62. The van der Waals surface area contributed by atoms with Crippen LogP contribution in [0.2, 0.25) is 0 Å². The van der Waals surface area contributed by atoms with Crippen LogP contribution in [0, 0.1) is 0 Å². The molecule has 1 aromatic rings. The van der Waals surface area contributed by atoms with Gasteiger partial charge in [-0.05, 0) is 12.8 Å². The molecular weight excluding hydrogens is 278 g/mol. The summed E-state index contributed by atoms with van der Waals surface area (Å²) >= 11 is 1.29. The van der Waals surface area contributed by atoms with Gasteiger partial charge in [0, 0.05) is 5.38 Å². The lowest BCUT2D eigenvalue weighted by atomic mass is 9.79. The number of aromatic nitrogens is 1. The van der Waals surface area contributed by atoms with Crippen molar-refractivity contribution in [2.45, 2.75) is 50.5 Å². The highest BCUT2D eigenvalue weighted by Crippen LogP contribution is 2.31. The molecule has 1 saturated carbocycles. The van der Waals surface area contributed by atoms with Crippen molar-refractivity contribution in [2.75, 3.05) is 5.73 Å². The average Bonchev–Trinajstić information content (AvgIpc) is 2.74. The fraction of sp³-hybridized carbons (Fsp3) is 0.615. The van der Waals surface area contributed by atoms with Crippen LogP contribution in [0.5, 0.6) is 0 Å². The van der Waals surface area contributed by atoms with E-state index in [9.17, 15) is 9.59 Å². The Kier molecular flexibility index (Phi) is 4.59. The van der Waals surface area contributed by atoms with Crippen LogP contribution in [0.3, 0.4) is 0 Å². The van der Waals surface area contributed by atoms with Crippen molar-refractivity contribution >= 4 is 28.3 Å². The highest BCUT2D eigenvalue weighted by atomic mass is 32.1. The average molecular weight is 297 g/mol. The molecule has 0 aliphatic heterocycles. The lowest BCUT2D eigenvalue weighted by Crippen LogP contribution is -2.51. The maximum Gasteiger partial charge on any atom is 0.305 e. The van der Waals surface area contributed by atoms with E-state index in [0.29, 0.717) is 10.8 Å². The minimum absolute atomic E-state index is 0.0159. The molecule has 1 aromatic heterocycles. The van der Waals surface area contributed by atoms with Crippen molar-refractivity contribution in [3.8, 4) is 0 Å². The van der Waals surface area contributed by atoms with Gasteiger partial charge in [0.2, 0.25) is 5.91 Å². The van der Waals surface area contributed by atoms with Crippen LogP contribution in [0.1, 0.15) is 44.2 Å². The summed E-state index contributed by atoms with van der Waals surface area (Å²) in [5.41, 5.74) is 5.56. The quantitative estimate of drug-likeness (QED) is 0.765. The third-order valence-corrected chi connectivity index (χ3v) is 4.34. The fourth-order valence-electron chi connectivity index (χ4n) is 2.77. The Bertz CT molecular complexity index is 495. The Hall–Kier alpha value is -1.63. The first-order valence-corrected chi connectivity index (χ1v) is 7.60. The van der Waals surface area contributed by atoms with E-state index >= 15 is 0 Å². The molecule has 0 saturated heterocycles. The van der Waals surface area contributed by atoms with E-state index in [1.54, 1.807) is 5.38 Å². The molecule has 0 spiro atoms. The molecule has 1 amide bonds. The van der Waals surface area contributed by atoms with Crippen molar-refractivity contribution in [3.05, 3.63) is 11.1 Å². The van der Waals surface area contributed by atoms with Gasteiger partial charge < -0.3 is 16.2 Å². The van der Waals surface area contributed by atoms with Crippen LogP contribution in [-0.4, -0.2) is 27.5 Å². The summed E-state index contributed by atoms with van der Waals surface area (Å²) in [5.74, 6) is -1.05. The van der Waals surface area contributed by atoms with Gasteiger partial charge in [0.15, 0.2) is 5.13 Å². The smallest absolute Gasteiger partial charge is 0.305 e. The molecule has 7 heteroatoms. The van der Waals surface area contributed by atoms with Gasteiger partial charge in [0.05, 0.1) is 24.1 Å². The molecule has 1 fully saturated rings. The van der Waals surface area contributed by atoms with Gasteiger partial charge in [-0.3, -0.25) is 9.59 Å². The third kappa shape index (κ3) is 3.93. The van der Waals surface area contributed by atoms with Gasteiger partial charge in [-0.2, -0.15) is 0 Å². The van der Waals surface area contributed by atoms with Crippen molar-refractivity contribution < 1.29 is 14.7 Å². The van der Waals surface area contributed by atoms with Crippen molar-refractivity contribution in [3.63, 3.8) is 0 Å². The number of anilines is 1. The summed E-state index contributed by atoms with van der Waals surface area (Å²) in [7, 11) is 0. The molecule has 0 unspecified atom stereocenters. The fourth-order valence-corrected chi connectivity index (χ4v) is 3.34. The van der Waals surface area contributed by atoms with Crippen LogP contribution in [0.25, 0.3) is 0 Å². The summed E-state index contributed by atoms with van der Waals surface area (Å²) in [5, 5.41) is 14.2. The zero-order chi connectivity index (χ0) is 14.6. The van der Waals surface area contributed by atoms with Gasteiger partial charge in [0.1, 0.15) is 0 Å². The largest absolute Gasteiger partial charge is 0.481 e. The Balaban J connectivity index is 1.99. The van der Waals surface area contributed by atoms with Crippen molar-refractivity contribution in [1.82, 2.24) is 10.3 Å². The van der Waals surface area contributed by atoms with Crippen LogP contribution in [0.15, 0.2) is 5.38 Å².